The molecule has 8 heteroatoms. The summed E-state index contributed by atoms with van der Waals surface area (Å²) in [5.74, 6) is 1.17. The van der Waals surface area contributed by atoms with E-state index in [0.29, 0.717) is 30.9 Å². The Balaban J connectivity index is 1.83. The molecule has 1 N–H and O–H groups in total. The summed E-state index contributed by atoms with van der Waals surface area (Å²) < 4.78 is 32.8. The number of amides is 1. The monoisotopic (exact) mass is 366 g/mol. The lowest BCUT2D eigenvalue weighted by molar-refractivity contribution is 0.0953. The quantitative estimate of drug-likeness (QED) is 0.718. The van der Waals surface area contributed by atoms with Crippen LogP contribution in [0, 0.1) is 13.8 Å². The number of nitrogens with zero attached hydrogens (tertiary/aromatic N) is 1. The Bertz CT molecular complexity index is 806. The van der Waals surface area contributed by atoms with Crippen molar-refractivity contribution in [3.05, 3.63) is 46.8 Å². The van der Waals surface area contributed by atoms with Gasteiger partial charge in [-0.3, -0.25) is 4.79 Å². The Morgan fingerprint density at radius 3 is 2.48 bits per heavy atom. The summed E-state index contributed by atoms with van der Waals surface area (Å²) in [5, 5.41) is 6.57. The van der Waals surface area contributed by atoms with Crippen LogP contribution in [0.1, 0.15) is 33.8 Å². The molecular formula is C17H22N2O5S. The lowest BCUT2D eigenvalue weighted by Gasteiger charge is -2.08. The molecular weight excluding hydrogens is 344 g/mol. The average Bonchev–Trinajstić information content (AvgIpc) is 2.87. The van der Waals surface area contributed by atoms with Crippen LogP contribution in [0.3, 0.4) is 0 Å². The van der Waals surface area contributed by atoms with Gasteiger partial charge in [0.15, 0.2) is 0 Å². The number of ether oxygens (including phenoxy) is 1. The SMILES string of the molecule is Cc1noc(C)c1COc1ccc(C(=O)NCCCS(C)(=O)=O)cc1. The van der Waals surface area contributed by atoms with Gasteiger partial charge in [0, 0.05) is 18.4 Å². The van der Waals surface area contributed by atoms with Crippen LogP contribution in [0.25, 0.3) is 0 Å². The summed E-state index contributed by atoms with van der Waals surface area (Å²) in [6.07, 6.45) is 1.57. The Labute approximate surface area is 147 Å². The topological polar surface area (TPSA) is 98.5 Å². The van der Waals surface area contributed by atoms with Crippen LogP contribution >= 0.6 is 0 Å². The Morgan fingerprint density at radius 1 is 1.24 bits per heavy atom. The van der Waals surface area contributed by atoms with E-state index in [0.717, 1.165) is 17.0 Å². The van der Waals surface area contributed by atoms with Crippen molar-refractivity contribution in [2.45, 2.75) is 26.9 Å². The highest BCUT2D eigenvalue weighted by Crippen LogP contribution is 2.17. The molecule has 1 heterocycles. The fourth-order valence-electron chi connectivity index (χ4n) is 2.20. The summed E-state index contributed by atoms with van der Waals surface area (Å²) in [6, 6.07) is 6.75. The predicted octanol–water partition coefficient (Wildman–Crippen LogP) is 2.03. The van der Waals surface area contributed by atoms with E-state index < -0.39 is 9.84 Å². The molecule has 0 aliphatic heterocycles. The van der Waals surface area contributed by atoms with E-state index in [9.17, 15) is 13.2 Å². The van der Waals surface area contributed by atoms with Crippen LogP contribution in [-0.2, 0) is 16.4 Å². The number of hydrogen-bond donors (Lipinski definition) is 1. The molecule has 0 saturated heterocycles. The zero-order valence-corrected chi connectivity index (χ0v) is 15.4. The van der Waals surface area contributed by atoms with Gasteiger partial charge in [0.25, 0.3) is 5.91 Å². The van der Waals surface area contributed by atoms with Gasteiger partial charge in [-0.15, -0.1) is 0 Å². The molecule has 0 atom stereocenters. The number of nitrogens with one attached hydrogen (secondary N) is 1. The molecule has 2 aromatic rings. The van der Waals surface area contributed by atoms with E-state index >= 15 is 0 Å². The lowest BCUT2D eigenvalue weighted by Crippen LogP contribution is -2.25. The number of rotatable bonds is 8. The normalized spacial score (nSPS) is 11.3. The van der Waals surface area contributed by atoms with E-state index in [1.807, 2.05) is 13.8 Å². The van der Waals surface area contributed by atoms with Gasteiger partial charge in [-0.05, 0) is 44.5 Å². The highest BCUT2D eigenvalue weighted by Gasteiger charge is 2.10. The molecule has 7 nitrogen and oxygen atoms in total. The summed E-state index contributed by atoms with van der Waals surface area (Å²) in [6.45, 7) is 4.34. The van der Waals surface area contributed by atoms with Gasteiger partial charge < -0.3 is 14.6 Å². The van der Waals surface area contributed by atoms with Crippen molar-refractivity contribution in [2.24, 2.45) is 0 Å². The van der Waals surface area contributed by atoms with Crippen LogP contribution in [0.2, 0.25) is 0 Å². The van der Waals surface area contributed by atoms with Crippen molar-refractivity contribution in [3.63, 3.8) is 0 Å². The second-order valence-electron chi connectivity index (χ2n) is 5.86. The first-order chi connectivity index (χ1) is 11.8. The standard InChI is InChI=1S/C17H22N2O5S/c1-12-16(13(2)24-19-12)11-23-15-7-5-14(6-8-15)17(20)18-9-4-10-25(3,21)22/h5-8H,4,9-11H2,1-3H3,(H,18,20). The van der Waals surface area contributed by atoms with Crippen LogP contribution in [-0.4, -0.2) is 38.0 Å². The maximum absolute atomic E-state index is 12.0. The predicted molar refractivity (Wildman–Crippen MR) is 93.4 cm³/mol. The maximum atomic E-state index is 12.0. The third kappa shape index (κ3) is 5.90. The average molecular weight is 366 g/mol. The van der Waals surface area contributed by atoms with Crippen LogP contribution in [0.5, 0.6) is 5.75 Å². The van der Waals surface area contributed by atoms with Crippen molar-refractivity contribution >= 4 is 15.7 Å². The van der Waals surface area contributed by atoms with E-state index in [1.165, 1.54) is 6.26 Å². The van der Waals surface area contributed by atoms with Crippen molar-refractivity contribution in [1.29, 1.82) is 0 Å². The molecule has 1 aromatic carbocycles. The molecule has 2 rings (SSSR count). The number of hydrogen-bond acceptors (Lipinski definition) is 6. The summed E-state index contributed by atoms with van der Waals surface area (Å²) >= 11 is 0. The number of carbonyl (C=O) groups excluding carboxylic acids is 1. The van der Waals surface area contributed by atoms with Gasteiger partial charge in [-0.1, -0.05) is 5.16 Å². The van der Waals surface area contributed by atoms with E-state index in [1.54, 1.807) is 24.3 Å². The van der Waals surface area contributed by atoms with Gasteiger partial charge in [0.2, 0.25) is 0 Å². The molecule has 0 unspecified atom stereocenters. The van der Waals surface area contributed by atoms with Crippen molar-refractivity contribution in [1.82, 2.24) is 10.5 Å². The molecule has 0 radical (unpaired) electrons. The van der Waals surface area contributed by atoms with Gasteiger partial charge in [0.05, 0.1) is 17.0 Å². The molecule has 25 heavy (non-hydrogen) atoms. The Morgan fingerprint density at radius 2 is 1.92 bits per heavy atom. The minimum Gasteiger partial charge on any atom is -0.489 e. The number of carbonyl (C=O) groups is 1. The van der Waals surface area contributed by atoms with E-state index in [2.05, 4.69) is 10.5 Å². The molecule has 136 valence electrons. The molecule has 0 saturated carbocycles. The first-order valence-electron chi connectivity index (χ1n) is 7.87. The van der Waals surface area contributed by atoms with Crippen molar-refractivity contribution < 1.29 is 22.5 Å². The maximum Gasteiger partial charge on any atom is 0.251 e. The summed E-state index contributed by atoms with van der Waals surface area (Å²) in [4.78, 5) is 12.0. The molecule has 1 amide bonds. The largest absolute Gasteiger partial charge is 0.489 e. The second-order valence-corrected chi connectivity index (χ2v) is 8.11. The summed E-state index contributed by atoms with van der Waals surface area (Å²) in [7, 11) is -3.00. The molecule has 0 spiro atoms. The minimum atomic E-state index is -3.00. The minimum absolute atomic E-state index is 0.0573. The molecule has 0 bridgehead atoms. The Hall–Kier alpha value is -2.35. The first-order valence-corrected chi connectivity index (χ1v) is 9.93. The van der Waals surface area contributed by atoms with Crippen molar-refractivity contribution in [3.8, 4) is 5.75 Å². The van der Waals surface area contributed by atoms with Gasteiger partial charge >= 0.3 is 0 Å². The second kappa shape index (κ2) is 8.15. The smallest absolute Gasteiger partial charge is 0.251 e. The van der Waals surface area contributed by atoms with Crippen LogP contribution in [0.4, 0.5) is 0 Å². The fourth-order valence-corrected chi connectivity index (χ4v) is 2.87. The highest BCUT2D eigenvalue weighted by atomic mass is 32.2. The molecule has 0 fully saturated rings. The Kier molecular flexibility index (Phi) is 6.19. The van der Waals surface area contributed by atoms with Gasteiger partial charge in [-0.2, -0.15) is 0 Å². The zero-order chi connectivity index (χ0) is 18.4. The fraction of sp³-hybridized carbons (Fsp3) is 0.412. The van der Waals surface area contributed by atoms with E-state index in [4.69, 9.17) is 9.26 Å². The lowest BCUT2D eigenvalue weighted by atomic mass is 10.2. The molecule has 1 aromatic heterocycles. The summed E-state index contributed by atoms with van der Waals surface area (Å²) in [5.41, 5.74) is 2.19. The highest BCUT2D eigenvalue weighted by molar-refractivity contribution is 7.90. The first kappa shape index (κ1) is 19.0. The number of benzene rings is 1. The number of aryl methyl sites for hydroxylation is 2. The van der Waals surface area contributed by atoms with Crippen molar-refractivity contribution in [2.75, 3.05) is 18.6 Å². The van der Waals surface area contributed by atoms with Crippen LogP contribution < -0.4 is 10.1 Å². The zero-order valence-electron chi connectivity index (χ0n) is 14.5. The molecule has 0 aliphatic rings. The third-order valence-electron chi connectivity index (χ3n) is 3.66. The van der Waals surface area contributed by atoms with Gasteiger partial charge in [0.1, 0.15) is 28.0 Å². The number of aromatic nitrogens is 1. The van der Waals surface area contributed by atoms with E-state index in [-0.39, 0.29) is 11.7 Å². The van der Waals surface area contributed by atoms with Crippen LogP contribution in [0.15, 0.2) is 28.8 Å². The molecule has 0 aliphatic carbocycles. The number of sulfone groups is 1. The third-order valence-corrected chi connectivity index (χ3v) is 4.69. The van der Waals surface area contributed by atoms with Gasteiger partial charge in [-0.25, -0.2) is 8.42 Å².